The maximum absolute atomic E-state index is 14.2. The third-order valence-corrected chi connectivity index (χ3v) is 16.5. The van der Waals surface area contributed by atoms with Gasteiger partial charge in [-0.15, -0.1) is 0 Å². The molecule has 0 spiro atoms. The SMILES string of the molecule is CCC(C)(C)C(=O)OC(C)(C)C12CC3CC(CC(C3)C1)C2.CCC(C)c1ccc2cc(OS(=O)(=O)C(F)(F)C(F)(F)C(F)(F)S(=O)(=O)[N-]S(=O)(=O)C(F)(F)F)ccc2c1. The monoisotopic (exact) mass is 916 g/mol. The highest BCUT2D eigenvalue weighted by Gasteiger charge is 2.81. The molecule has 0 aromatic heterocycles. The Morgan fingerprint density at radius 1 is 0.746 bits per heavy atom. The van der Waals surface area contributed by atoms with Gasteiger partial charge in [0.15, 0.2) is 20.0 Å². The predicted molar refractivity (Wildman–Crippen MR) is 199 cm³/mol. The van der Waals surface area contributed by atoms with Crippen molar-refractivity contribution in [2.24, 2.45) is 28.6 Å². The molecule has 1 unspecified atom stereocenters. The Hall–Kier alpha value is -2.85. The third-order valence-electron chi connectivity index (χ3n) is 12.2. The predicted octanol–water partition coefficient (Wildman–Crippen LogP) is 10.4. The highest BCUT2D eigenvalue weighted by atomic mass is 32.3. The standard InChI is InChI=1S/C19H32O2.C18H15F9NO7S3/c1-6-17(2,3)16(20)21-18(4,5)19-10-13-7-14(11-19)9-15(8-13)12-19;1-3-10(2)11-4-5-13-9-14(7-6-12(13)8-11)35-38(33,34)17(23,24)15(19,20)16(21,22)36(29,30)28-37(31,32)18(25,26)27/h13-15H,6-12H2,1-5H3;4-10H,3H2,1-2H3/q;-1. The number of carbonyl (C=O) groups is 1. The van der Waals surface area contributed by atoms with Crippen LogP contribution in [0.5, 0.6) is 5.75 Å². The normalized spacial score (nSPS) is 23.7. The van der Waals surface area contributed by atoms with Crippen LogP contribution in [0.25, 0.3) is 14.9 Å². The van der Waals surface area contributed by atoms with Crippen molar-refractivity contribution in [1.29, 1.82) is 0 Å². The number of carbonyl (C=O) groups excluding carboxylic acids is 1. The summed E-state index contributed by atoms with van der Waals surface area (Å²) in [6.45, 7) is 14.2. The molecular formula is C37H47F9NO9S3-. The molecule has 0 amide bonds. The molecule has 10 nitrogen and oxygen atoms in total. The number of rotatable bonds is 14. The first-order valence-corrected chi connectivity index (χ1v) is 23.0. The zero-order valence-corrected chi connectivity index (χ0v) is 35.6. The maximum Gasteiger partial charge on any atom is 0.480 e. The van der Waals surface area contributed by atoms with Crippen LogP contribution in [0.2, 0.25) is 0 Å². The van der Waals surface area contributed by atoms with Crippen molar-refractivity contribution < 1.29 is 78.5 Å². The molecule has 59 heavy (non-hydrogen) atoms. The number of fused-ring (bicyclic) bond motifs is 1. The molecular weight excluding hydrogens is 870 g/mol. The Labute approximate surface area is 338 Å². The molecule has 0 heterocycles. The molecule has 2 aromatic carbocycles. The average Bonchev–Trinajstić information content (AvgIpc) is 3.09. The van der Waals surface area contributed by atoms with E-state index in [2.05, 4.69) is 25.0 Å². The molecule has 4 aliphatic rings. The van der Waals surface area contributed by atoms with Gasteiger partial charge in [0.25, 0.3) is 0 Å². The summed E-state index contributed by atoms with van der Waals surface area (Å²) in [5.41, 5.74) is -6.32. The lowest BCUT2D eigenvalue weighted by Crippen LogP contribution is -2.61. The first-order chi connectivity index (χ1) is 26.5. The van der Waals surface area contributed by atoms with E-state index in [4.69, 9.17) is 4.74 Å². The van der Waals surface area contributed by atoms with E-state index in [-0.39, 0.29) is 33.7 Å². The van der Waals surface area contributed by atoms with Gasteiger partial charge >= 0.3 is 38.0 Å². The zero-order chi connectivity index (χ0) is 45.2. The molecule has 22 heteroatoms. The van der Waals surface area contributed by atoms with E-state index in [9.17, 15) is 69.6 Å². The highest BCUT2D eigenvalue weighted by molar-refractivity contribution is 8.13. The van der Waals surface area contributed by atoms with E-state index in [1.165, 1.54) is 44.6 Å². The number of hydrogen-bond acceptors (Lipinski definition) is 9. The fourth-order valence-electron chi connectivity index (χ4n) is 8.19. The minimum Gasteiger partial charge on any atom is -0.459 e. The Bertz CT molecular complexity index is 2210. The number of alkyl halides is 9. The summed E-state index contributed by atoms with van der Waals surface area (Å²) >= 11 is 0. The minimum absolute atomic E-state index is 0.00857. The number of halogens is 9. The summed E-state index contributed by atoms with van der Waals surface area (Å²) in [5.74, 6) is -5.95. The third kappa shape index (κ3) is 9.06. The topological polar surface area (TPSA) is 152 Å². The Morgan fingerprint density at radius 3 is 1.68 bits per heavy atom. The number of ether oxygens (including phenoxy) is 1. The van der Waals surface area contributed by atoms with Gasteiger partial charge in [-0.05, 0) is 131 Å². The van der Waals surface area contributed by atoms with Crippen molar-refractivity contribution in [3.63, 3.8) is 0 Å². The van der Waals surface area contributed by atoms with Crippen LogP contribution in [0, 0.1) is 28.6 Å². The second-order valence-electron chi connectivity index (χ2n) is 17.0. The Morgan fingerprint density at radius 2 is 1.22 bits per heavy atom. The average molecular weight is 917 g/mol. The van der Waals surface area contributed by atoms with Crippen LogP contribution in [0.4, 0.5) is 39.5 Å². The molecule has 4 bridgehead atoms. The van der Waals surface area contributed by atoms with Crippen LogP contribution in [-0.4, -0.2) is 58.8 Å². The van der Waals surface area contributed by atoms with Crippen LogP contribution in [0.3, 0.4) is 0 Å². The van der Waals surface area contributed by atoms with Crippen molar-refractivity contribution in [3.05, 3.63) is 46.1 Å². The largest absolute Gasteiger partial charge is 0.480 e. The van der Waals surface area contributed by atoms with Gasteiger partial charge in [0.05, 0.1) is 5.41 Å². The number of nitrogens with zero attached hydrogens (tertiary/aromatic N) is 1. The van der Waals surface area contributed by atoms with Gasteiger partial charge < -0.3 is 13.0 Å². The fourth-order valence-corrected chi connectivity index (χ4v) is 11.4. The summed E-state index contributed by atoms with van der Waals surface area (Å²) in [4.78, 5) is 12.6. The summed E-state index contributed by atoms with van der Waals surface area (Å²) in [6, 6.07) is 7.06. The van der Waals surface area contributed by atoms with E-state index >= 15 is 0 Å². The van der Waals surface area contributed by atoms with Crippen LogP contribution in [0.1, 0.15) is 111 Å². The van der Waals surface area contributed by atoms with E-state index in [1.54, 1.807) is 12.1 Å². The molecule has 4 saturated carbocycles. The Kier molecular flexibility index (Phi) is 13.1. The number of esters is 1. The number of sulfonamides is 2. The molecule has 2 aromatic rings. The minimum atomic E-state index is -7.98. The van der Waals surface area contributed by atoms with E-state index in [0.717, 1.165) is 48.3 Å². The molecule has 0 aliphatic heterocycles. The van der Waals surface area contributed by atoms with E-state index in [0.29, 0.717) is 15.6 Å². The van der Waals surface area contributed by atoms with Crippen LogP contribution < -0.4 is 4.18 Å². The van der Waals surface area contributed by atoms with Crippen molar-refractivity contribution in [2.75, 3.05) is 0 Å². The van der Waals surface area contributed by atoms with Crippen LogP contribution in [-0.2, 0) is 39.7 Å². The number of hydrogen-bond donors (Lipinski definition) is 0. The second kappa shape index (κ2) is 15.8. The first kappa shape index (κ1) is 48.8. The van der Waals surface area contributed by atoms with Crippen molar-refractivity contribution in [1.82, 2.24) is 0 Å². The van der Waals surface area contributed by atoms with Crippen molar-refractivity contribution in [3.8, 4) is 5.75 Å². The summed E-state index contributed by atoms with van der Waals surface area (Å²) in [5, 5.41) is -14.1. The molecule has 1 atom stereocenters. The van der Waals surface area contributed by atoms with Gasteiger partial charge in [-0.3, -0.25) is 4.79 Å². The van der Waals surface area contributed by atoms with Gasteiger partial charge in [0.1, 0.15) is 11.4 Å². The lowest BCUT2D eigenvalue weighted by molar-refractivity contribution is -0.245. The summed E-state index contributed by atoms with van der Waals surface area (Å²) in [7, 11) is -22.7. The van der Waals surface area contributed by atoms with Gasteiger partial charge in [0, 0.05) is 5.41 Å². The van der Waals surface area contributed by atoms with Gasteiger partial charge in [-0.2, -0.15) is 47.9 Å². The second-order valence-corrected chi connectivity index (χ2v) is 22.1. The zero-order valence-electron chi connectivity index (χ0n) is 33.2. The van der Waals surface area contributed by atoms with Crippen molar-refractivity contribution in [2.45, 2.75) is 133 Å². The molecule has 4 aliphatic carbocycles. The lowest BCUT2D eigenvalue weighted by Gasteiger charge is -2.61. The molecule has 4 fully saturated rings. The quantitative estimate of drug-likeness (QED) is 0.102. The van der Waals surface area contributed by atoms with Gasteiger partial charge in [-0.1, -0.05) is 45.0 Å². The first-order valence-electron chi connectivity index (χ1n) is 18.7. The maximum atomic E-state index is 14.2. The summed E-state index contributed by atoms with van der Waals surface area (Å²) < 4.78 is 200. The van der Waals surface area contributed by atoms with Crippen LogP contribution in [0.15, 0.2) is 36.4 Å². The molecule has 6 rings (SSSR count). The van der Waals surface area contributed by atoms with Gasteiger partial charge in [0.2, 0.25) is 0 Å². The van der Waals surface area contributed by atoms with Crippen LogP contribution >= 0.6 is 0 Å². The lowest BCUT2D eigenvalue weighted by atomic mass is 9.46. The summed E-state index contributed by atoms with van der Waals surface area (Å²) in [6.07, 6.45) is 9.72. The smallest absolute Gasteiger partial charge is 0.459 e. The molecule has 0 N–H and O–H groups in total. The molecule has 336 valence electrons. The Balaban J connectivity index is 0.000000305. The molecule has 0 saturated heterocycles. The van der Waals surface area contributed by atoms with E-state index < -0.39 is 57.9 Å². The fraction of sp³-hybridized carbons (Fsp3) is 0.703. The number of benzene rings is 2. The molecule has 0 radical (unpaired) electrons. The van der Waals surface area contributed by atoms with Gasteiger partial charge in [-0.25, -0.2) is 16.8 Å². The highest BCUT2D eigenvalue weighted by Crippen LogP contribution is 2.64. The van der Waals surface area contributed by atoms with E-state index in [1.807, 2.05) is 27.7 Å². The van der Waals surface area contributed by atoms with Crippen molar-refractivity contribution >= 4 is 46.9 Å².